The highest BCUT2D eigenvalue weighted by Crippen LogP contribution is 2.23. The number of carbonyl (C=O) groups is 1. The van der Waals surface area contributed by atoms with E-state index in [9.17, 15) is 4.79 Å². The van der Waals surface area contributed by atoms with Gasteiger partial charge in [0, 0.05) is 9.86 Å². The Morgan fingerprint density at radius 2 is 1.96 bits per heavy atom. The predicted molar refractivity (Wildman–Crippen MR) is 101 cm³/mol. The highest BCUT2D eigenvalue weighted by atomic mass is 79.9. The van der Waals surface area contributed by atoms with Crippen molar-refractivity contribution < 1.29 is 13.9 Å². The first kappa shape index (κ1) is 17.2. The lowest BCUT2D eigenvalue weighted by atomic mass is 10.2. The van der Waals surface area contributed by atoms with Crippen molar-refractivity contribution in [3.8, 4) is 5.75 Å². The number of rotatable bonds is 5. The lowest BCUT2D eigenvalue weighted by Gasteiger charge is -2.08. The molecule has 1 amide bonds. The van der Waals surface area contributed by atoms with Crippen LogP contribution in [0.2, 0.25) is 0 Å². The Kier molecular flexibility index (Phi) is 5.19. The van der Waals surface area contributed by atoms with Gasteiger partial charge in [0.25, 0.3) is 0 Å². The molecule has 6 heteroatoms. The number of hydrogen-bond donors (Lipinski definition) is 1. The average molecular weight is 401 g/mol. The van der Waals surface area contributed by atoms with E-state index in [2.05, 4.69) is 26.5 Å². The Hall–Kier alpha value is -2.60. The van der Waals surface area contributed by atoms with Gasteiger partial charge in [0.05, 0.1) is 12.3 Å². The topological polar surface area (TPSA) is 63.8 Å². The first-order chi connectivity index (χ1) is 12.0. The molecule has 5 nitrogen and oxygen atoms in total. The van der Waals surface area contributed by atoms with Gasteiger partial charge in [-0.3, -0.25) is 4.79 Å². The van der Waals surface area contributed by atoms with E-state index in [1.165, 1.54) is 0 Å². The van der Waals surface area contributed by atoms with Gasteiger partial charge in [-0.05, 0) is 67.9 Å². The summed E-state index contributed by atoms with van der Waals surface area (Å²) in [4.78, 5) is 12.1. The third-order valence-corrected chi connectivity index (χ3v) is 3.83. The van der Waals surface area contributed by atoms with Crippen LogP contribution in [0.15, 0.2) is 62.5 Å². The molecule has 128 valence electrons. The van der Waals surface area contributed by atoms with E-state index >= 15 is 0 Å². The molecule has 3 rings (SSSR count). The molecule has 0 spiro atoms. The van der Waals surface area contributed by atoms with Crippen molar-refractivity contribution in [1.29, 1.82) is 0 Å². The summed E-state index contributed by atoms with van der Waals surface area (Å²) in [5, 5.41) is 4.81. The molecule has 1 N–H and O–H groups in total. The minimum absolute atomic E-state index is 0.128. The fourth-order valence-electron chi connectivity index (χ4n) is 2.25. The molecule has 25 heavy (non-hydrogen) atoms. The van der Waals surface area contributed by atoms with E-state index in [4.69, 9.17) is 9.15 Å². The van der Waals surface area contributed by atoms with Crippen molar-refractivity contribution >= 4 is 39.0 Å². The van der Waals surface area contributed by atoms with Gasteiger partial charge in [0.15, 0.2) is 5.76 Å². The maximum absolute atomic E-state index is 12.1. The van der Waals surface area contributed by atoms with Crippen LogP contribution in [-0.2, 0) is 0 Å². The molecule has 0 bridgehead atoms. The summed E-state index contributed by atoms with van der Waals surface area (Å²) in [5.74, 6) is 0.610. The van der Waals surface area contributed by atoms with Gasteiger partial charge in [0.2, 0.25) is 0 Å². The lowest BCUT2D eigenvalue weighted by molar-refractivity contribution is 0.0929. The molecular weight excluding hydrogens is 384 g/mol. The number of fused-ring (bicyclic) bond motifs is 1. The zero-order valence-electron chi connectivity index (χ0n) is 13.8. The van der Waals surface area contributed by atoms with Crippen LogP contribution >= 0.6 is 15.9 Å². The third-order valence-electron chi connectivity index (χ3n) is 3.33. The molecular formula is C19H17BrN2O3. The summed E-state index contributed by atoms with van der Waals surface area (Å²) in [6.45, 7) is 3.95. The standard InChI is InChI=1S/C19H17BrN2O3/c1-12(2)24-16-6-3-13(4-7-16)11-21-22-19(23)18-10-14-9-15(20)5-8-17(14)25-18/h3-12H,1-2H3,(H,22,23)/b21-11+. The number of nitrogens with one attached hydrogen (secondary N) is 1. The highest BCUT2D eigenvalue weighted by Gasteiger charge is 2.11. The largest absolute Gasteiger partial charge is 0.491 e. The fourth-order valence-corrected chi connectivity index (χ4v) is 2.63. The maximum Gasteiger partial charge on any atom is 0.307 e. The Labute approximate surface area is 153 Å². The maximum atomic E-state index is 12.1. The number of ether oxygens (including phenoxy) is 1. The molecule has 3 aromatic rings. The fraction of sp³-hybridized carbons (Fsp3) is 0.158. The second-order valence-corrected chi connectivity index (χ2v) is 6.64. The summed E-state index contributed by atoms with van der Waals surface area (Å²) in [6.07, 6.45) is 1.69. The van der Waals surface area contributed by atoms with Crippen molar-refractivity contribution in [3.05, 3.63) is 64.3 Å². The number of carbonyl (C=O) groups excluding carboxylic acids is 1. The molecule has 0 aliphatic rings. The molecule has 1 aromatic heterocycles. The van der Waals surface area contributed by atoms with Crippen molar-refractivity contribution in [2.45, 2.75) is 20.0 Å². The van der Waals surface area contributed by atoms with Crippen LogP contribution in [-0.4, -0.2) is 18.2 Å². The summed E-state index contributed by atoms with van der Waals surface area (Å²) in [6, 6.07) is 14.7. The zero-order chi connectivity index (χ0) is 17.8. The number of hydrogen-bond acceptors (Lipinski definition) is 4. The average Bonchev–Trinajstić information content (AvgIpc) is 2.99. The van der Waals surface area contributed by atoms with E-state index < -0.39 is 5.91 Å². The SMILES string of the molecule is CC(C)Oc1ccc(/C=N/NC(=O)c2cc3cc(Br)ccc3o2)cc1. The van der Waals surface area contributed by atoms with Gasteiger partial charge < -0.3 is 9.15 Å². The smallest absolute Gasteiger partial charge is 0.307 e. The normalized spacial score (nSPS) is 11.4. The molecule has 0 fully saturated rings. The van der Waals surface area contributed by atoms with Crippen LogP contribution in [0.5, 0.6) is 5.75 Å². The lowest BCUT2D eigenvalue weighted by Crippen LogP contribution is -2.16. The first-order valence-corrected chi connectivity index (χ1v) is 8.60. The highest BCUT2D eigenvalue weighted by molar-refractivity contribution is 9.10. The number of halogens is 1. The monoisotopic (exact) mass is 400 g/mol. The van der Waals surface area contributed by atoms with E-state index in [1.54, 1.807) is 18.3 Å². The van der Waals surface area contributed by atoms with Gasteiger partial charge in [-0.15, -0.1) is 0 Å². The van der Waals surface area contributed by atoms with Crippen molar-refractivity contribution in [2.24, 2.45) is 5.10 Å². The molecule has 1 heterocycles. The Bertz CT molecular complexity index is 914. The van der Waals surface area contributed by atoms with Crippen molar-refractivity contribution in [1.82, 2.24) is 5.43 Å². The molecule has 0 radical (unpaired) electrons. The van der Waals surface area contributed by atoms with Crippen molar-refractivity contribution in [3.63, 3.8) is 0 Å². The van der Waals surface area contributed by atoms with Gasteiger partial charge in [-0.2, -0.15) is 5.10 Å². The van der Waals surface area contributed by atoms with E-state index in [-0.39, 0.29) is 11.9 Å². The molecule has 2 aromatic carbocycles. The second kappa shape index (κ2) is 7.53. The summed E-state index contributed by atoms with van der Waals surface area (Å²) < 4.78 is 12.0. The Balaban J connectivity index is 1.63. The summed E-state index contributed by atoms with van der Waals surface area (Å²) in [5.41, 5.74) is 3.97. The summed E-state index contributed by atoms with van der Waals surface area (Å²) in [7, 11) is 0. The van der Waals surface area contributed by atoms with Crippen LogP contribution in [0, 0.1) is 0 Å². The molecule has 0 atom stereocenters. The van der Waals surface area contributed by atoms with E-state index in [1.807, 2.05) is 50.2 Å². The van der Waals surface area contributed by atoms with Gasteiger partial charge in [-0.1, -0.05) is 15.9 Å². The van der Waals surface area contributed by atoms with Gasteiger partial charge in [0.1, 0.15) is 11.3 Å². The number of furan rings is 1. The van der Waals surface area contributed by atoms with Crippen LogP contribution in [0.1, 0.15) is 30.0 Å². The third kappa shape index (κ3) is 4.48. The number of nitrogens with zero attached hydrogens (tertiary/aromatic N) is 1. The van der Waals surface area contributed by atoms with Crippen molar-refractivity contribution in [2.75, 3.05) is 0 Å². The molecule has 0 unspecified atom stereocenters. The molecule has 0 saturated heterocycles. The molecule has 0 saturated carbocycles. The van der Waals surface area contributed by atoms with E-state index in [0.29, 0.717) is 5.58 Å². The summed E-state index contributed by atoms with van der Waals surface area (Å²) >= 11 is 3.39. The number of benzene rings is 2. The number of hydrazone groups is 1. The molecule has 0 aliphatic heterocycles. The van der Waals surface area contributed by atoms with Crippen LogP contribution in [0.3, 0.4) is 0 Å². The van der Waals surface area contributed by atoms with E-state index in [0.717, 1.165) is 21.2 Å². The first-order valence-electron chi connectivity index (χ1n) is 7.80. The van der Waals surface area contributed by atoms with Crippen LogP contribution in [0.25, 0.3) is 11.0 Å². The van der Waals surface area contributed by atoms with Crippen LogP contribution in [0.4, 0.5) is 0 Å². The van der Waals surface area contributed by atoms with Crippen LogP contribution < -0.4 is 10.2 Å². The molecule has 0 aliphatic carbocycles. The Morgan fingerprint density at radius 1 is 1.20 bits per heavy atom. The number of amides is 1. The van der Waals surface area contributed by atoms with Gasteiger partial charge >= 0.3 is 5.91 Å². The van der Waals surface area contributed by atoms with Gasteiger partial charge in [-0.25, -0.2) is 5.43 Å². The minimum Gasteiger partial charge on any atom is -0.491 e. The quantitative estimate of drug-likeness (QED) is 0.496. The Morgan fingerprint density at radius 3 is 2.68 bits per heavy atom. The zero-order valence-corrected chi connectivity index (χ0v) is 15.4. The minimum atomic E-state index is -0.400. The predicted octanol–water partition coefficient (Wildman–Crippen LogP) is 4.75. The second-order valence-electron chi connectivity index (χ2n) is 5.73.